The van der Waals surface area contributed by atoms with Crippen LogP contribution in [-0.4, -0.2) is 16.7 Å². The van der Waals surface area contributed by atoms with E-state index < -0.39 is 0 Å². The molecule has 0 aliphatic carbocycles. The van der Waals surface area contributed by atoms with Gasteiger partial charge in [-0.25, -0.2) is 4.99 Å². The quantitative estimate of drug-likeness (QED) is 0.178. The first-order valence-electron chi connectivity index (χ1n) is 17.6. The Kier molecular flexibility index (Phi) is 21.3. The van der Waals surface area contributed by atoms with Crippen molar-refractivity contribution in [1.29, 1.82) is 0 Å². The number of nitrogens with one attached hydrogen (secondary N) is 1. The predicted molar refractivity (Wildman–Crippen MR) is 204 cm³/mol. The number of carbonyl (C=O) groups is 1. The van der Waals surface area contributed by atoms with E-state index in [1.807, 2.05) is 46.0 Å². The summed E-state index contributed by atoms with van der Waals surface area (Å²) in [6.45, 7) is 29.3. The van der Waals surface area contributed by atoms with Crippen LogP contribution in [0.3, 0.4) is 0 Å². The fourth-order valence-electron chi connectivity index (χ4n) is 5.06. The Balaban J connectivity index is 0.00000158. The molecule has 0 saturated carbocycles. The van der Waals surface area contributed by atoms with Gasteiger partial charge in [-0.2, -0.15) is 0 Å². The van der Waals surface area contributed by atoms with E-state index in [2.05, 4.69) is 85.9 Å². The predicted octanol–water partition coefficient (Wildman–Crippen LogP) is 12.4. The minimum Gasteiger partial charge on any atom is -0.507 e. The molecule has 4 heteroatoms. The Bertz CT molecular complexity index is 1300. The fraction of sp³-hybridized carbons (Fsp3) is 0.524. The van der Waals surface area contributed by atoms with Gasteiger partial charge in [0.1, 0.15) is 11.6 Å². The summed E-state index contributed by atoms with van der Waals surface area (Å²) >= 11 is 0. The van der Waals surface area contributed by atoms with Crippen LogP contribution in [0.15, 0.2) is 87.3 Å². The van der Waals surface area contributed by atoms with Crippen molar-refractivity contribution in [2.45, 2.75) is 135 Å². The smallest absolute Gasteiger partial charge is 0.160 e. The van der Waals surface area contributed by atoms with E-state index in [0.29, 0.717) is 17.6 Å². The molecule has 0 bridgehead atoms. The third-order valence-corrected chi connectivity index (χ3v) is 8.64. The number of Topliss-reactive ketones (excluding diaryl/α,β-unsaturated/α-hetero) is 1. The topological polar surface area (TPSA) is 61.7 Å². The number of rotatable bonds is 12. The van der Waals surface area contributed by atoms with Crippen LogP contribution in [0.25, 0.3) is 5.57 Å². The van der Waals surface area contributed by atoms with Crippen molar-refractivity contribution in [3.63, 3.8) is 0 Å². The maximum absolute atomic E-state index is 12.7. The lowest BCUT2D eigenvalue weighted by Crippen LogP contribution is -2.23. The van der Waals surface area contributed by atoms with Crippen molar-refractivity contribution in [3.05, 3.63) is 93.4 Å². The lowest BCUT2D eigenvalue weighted by Gasteiger charge is -2.15. The molecule has 0 amide bonds. The van der Waals surface area contributed by atoms with Crippen LogP contribution in [0, 0.1) is 18.8 Å². The van der Waals surface area contributed by atoms with Gasteiger partial charge < -0.3 is 10.4 Å². The van der Waals surface area contributed by atoms with Gasteiger partial charge in [0, 0.05) is 29.5 Å². The highest BCUT2D eigenvalue weighted by molar-refractivity contribution is 6.21. The minimum atomic E-state index is -0.0940. The van der Waals surface area contributed by atoms with Crippen LogP contribution in [0.4, 0.5) is 0 Å². The van der Waals surface area contributed by atoms with Crippen LogP contribution in [0.2, 0.25) is 0 Å². The van der Waals surface area contributed by atoms with Crippen molar-refractivity contribution in [1.82, 2.24) is 5.32 Å². The molecule has 1 aliphatic heterocycles. The Morgan fingerprint density at radius 1 is 1.00 bits per heavy atom. The molecule has 1 aromatic carbocycles. The Morgan fingerprint density at radius 3 is 2.09 bits per heavy atom. The molecular formula is C42H66N2O2. The molecule has 1 aromatic rings. The second-order valence-corrected chi connectivity index (χ2v) is 12.3. The number of phenols is 1. The van der Waals surface area contributed by atoms with Gasteiger partial charge in [0.2, 0.25) is 0 Å². The zero-order valence-corrected chi connectivity index (χ0v) is 31.8. The van der Waals surface area contributed by atoms with Crippen LogP contribution >= 0.6 is 0 Å². The summed E-state index contributed by atoms with van der Waals surface area (Å²) in [5.41, 5.74) is 8.70. The molecule has 2 atom stereocenters. The molecule has 0 spiro atoms. The summed E-state index contributed by atoms with van der Waals surface area (Å²) in [5.74, 6) is 2.74. The molecule has 0 fully saturated rings. The second kappa shape index (κ2) is 23.0. The van der Waals surface area contributed by atoms with Gasteiger partial charge in [-0.3, -0.25) is 4.79 Å². The maximum atomic E-state index is 12.7. The number of nitrogens with zero attached hydrogens (tertiary/aromatic N) is 1. The van der Waals surface area contributed by atoms with E-state index in [-0.39, 0.29) is 11.5 Å². The molecule has 2 rings (SSSR count). The molecule has 1 heterocycles. The monoisotopic (exact) mass is 631 g/mol. The number of hydrogen-bond acceptors (Lipinski definition) is 4. The normalized spacial score (nSPS) is 15.8. The zero-order valence-electron chi connectivity index (χ0n) is 31.8. The summed E-state index contributed by atoms with van der Waals surface area (Å²) in [5, 5.41) is 14.1. The average Bonchev–Trinajstić information content (AvgIpc) is 3.19. The van der Waals surface area contributed by atoms with Crippen LogP contribution in [0.1, 0.15) is 140 Å². The number of aromatic hydroxyl groups is 1. The first-order valence-corrected chi connectivity index (χ1v) is 17.6. The lowest BCUT2D eigenvalue weighted by atomic mass is 9.91. The van der Waals surface area contributed by atoms with E-state index in [1.54, 1.807) is 12.1 Å². The Labute approximate surface area is 283 Å². The van der Waals surface area contributed by atoms with Crippen LogP contribution in [0.5, 0.6) is 5.75 Å². The Morgan fingerprint density at radius 2 is 1.61 bits per heavy atom. The van der Waals surface area contributed by atoms with E-state index >= 15 is 0 Å². The number of hydrogen-bond donors (Lipinski definition) is 2. The van der Waals surface area contributed by atoms with Gasteiger partial charge in [0.05, 0.1) is 0 Å². The number of allylic oxidation sites excluding steroid dienone is 9. The number of ketones is 1. The number of phenolic OH excluding ortho intramolecular Hbond substituents is 1. The van der Waals surface area contributed by atoms with E-state index in [4.69, 9.17) is 4.99 Å². The Hall–Kier alpha value is -3.40. The highest BCUT2D eigenvalue weighted by atomic mass is 16.3. The maximum Gasteiger partial charge on any atom is 0.160 e. The van der Waals surface area contributed by atoms with Crippen molar-refractivity contribution >= 4 is 17.2 Å². The summed E-state index contributed by atoms with van der Waals surface area (Å²) in [7, 11) is 0. The lowest BCUT2D eigenvalue weighted by molar-refractivity contribution is -0.111. The first kappa shape index (κ1) is 42.6. The molecule has 256 valence electrons. The molecule has 2 unspecified atom stereocenters. The highest BCUT2D eigenvalue weighted by Gasteiger charge is 2.18. The number of amidine groups is 1. The third kappa shape index (κ3) is 14.4. The average molecular weight is 631 g/mol. The van der Waals surface area contributed by atoms with Gasteiger partial charge in [-0.1, -0.05) is 109 Å². The second-order valence-electron chi connectivity index (χ2n) is 12.3. The molecule has 46 heavy (non-hydrogen) atoms. The highest BCUT2D eigenvalue weighted by Crippen LogP contribution is 2.33. The van der Waals surface area contributed by atoms with Crippen molar-refractivity contribution < 1.29 is 9.90 Å². The summed E-state index contributed by atoms with van der Waals surface area (Å²) in [6, 6.07) is 5.31. The number of aliphatic imine (C=N–C) groups is 1. The van der Waals surface area contributed by atoms with Crippen LogP contribution in [-0.2, 0) is 4.79 Å². The van der Waals surface area contributed by atoms with Crippen molar-refractivity contribution in [2.24, 2.45) is 16.8 Å². The standard InChI is InChI=1S/C31H40N2O2.C9H20.C2H6/c1-9-20(4)15-16-28(21(5)10-2)33-30-17-23(7)26(11-3)25(19-32-30)18-27(24(8)34)31-22(6)13-12-14-29(31)35;1-5-8(3)7-9(4)6-2;1-2/h9,12-16,18-19,35H,10-11,17H2,1-8H3,(H,32,33);8-9H,5-7H2,1-4H3;1-2H3/b16-15-,20-9-,27-18+,28-21+;;. The van der Waals surface area contributed by atoms with E-state index in [1.165, 1.54) is 42.9 Å². The van der Waals surface area contributed by atoms with Gasteiger partial charge in [-0.05, 0) is 108 Å². The molecule has 2 N–H and O–H groups in total. The summed E-state index contributed by atoms with van der Waals surface area (Å²) in [6.07, 6.45) is 16.6. The summed E-state index contributed by atoms with van der Waals surface area (Å²) in [4.78, 5) is 17.5. The SMILES string of the molecule is CC.CCC(C)CC(C)CC.C\C=C(C)/C=C\C(NC1=NC=C(/C=C(\C(C)=O)c2c(C)cccc2O)C(CC)=C(C)C1)=C(\C)CC. The van der Waals surface area contributed by atoms with E-state index in [9.17, 15) is 9.90 Å². The minimum absolute atomic E-state index is 0.0940. The number of benzene rings is 1. The molecule has 1 aliphatic rings. The van der Waals surface area contributed by atoms with Gasteiger partial charge >= 0.3 is 0 Å². The van der Waals surface area contributed by atoms with Crippen LogP contribution < -0.4 is 5.32 Å². The fourth-order valence-corrected chi connectivity index (χ4v) is 5.06. The third-order valence-electron chi connectivity index (χ3n) is 8.64. The number of aryl methyl sites for hydroxylation is 1. The summed E-state index contributed by atoms with van der Waals surface area (Å²) < 4.78 is 0. The number of carbonyl (C=O) groups excluding carboxylic acids is 1. The van der Waals surface area contributed by atoms with E-state index in [0.717, 1.165) is 52.9 Å². The van der Waals surface area contributed by atoms with Gasteiger partial charge in [0.15, 0.2) is 5.78 Å². The van der Waals surface area contributed by atoms with Gasteiger partial charge in [-0.15, -0.1) is 0 Å². The van der Waals surface area contributed by atoms with Crippen molar-refractivity contribution in [3.8, 4) is 5.75 Å². The van der Waals surface area contributed by atoms with Crippen molar-refractivity contribution in [2.75, 3.05) is 0 Å². The molecule has 0 aromatic heterocycles. The molecule has 4 nitrogen and oxygen atoms in total. The zero-order chi connectivity index (χ0) is 35.4. The molecule has 0 saturated heterocycles. The van der Waals surface area contributed by atoms with Gasteiger partial charge in [0.25, 0.3) is 0 Å². The first-order chi connectivity index (χ1) is 21.8. The molecular weight excluding hydrogens is 564 g/mol. The molecule has 0 radical (unpaired) electrons. The largest absolute Gasteiger partial charge is 0.507 e.